The summed E-state index contributed by atoms with van der Waals surface area (Å²) < 4.78 is 0. The number of likely N-dealkylation sites (tertiary alicyclic amines) is 1. The Morgan fingerprint density at radius 3 is 2.70 bits per heavy atom. The minimum absolute atomic E-state index is 0.0229. The van der Waals surface area contributed by atoms with Crippen LogP contribution in [0, 0.1) is 0 Å². The number of carbonyl (C=O) groups excluding carboxylic acids is 2. The van der Waals surface area contributed by atoms with E-state index in [1.807, 2.05) is 29.2 Å². The summed E-state index contributed by atoms with van der Waals surface area (Å²) >= 11 is 0. The standard InChI is InChI=1S/C19H26N2O2/c1-3-5-6-13-20-19(23)16-11-9-15(10-12-16)17-8-7-14-21(17)18(22)4-2/h4,9-12,17H,2-3,5-8,13-14H2,1H3,(H,20,23). The minimum Gasteiger partial charge on any atom is -0.352 e. The third-order valence-electron chi connectivity index (χ3n) is 4.33. The summed E-state index contributed by atoms with van der Waals surface area (Å²) in [6.07, 6.45) is 6.63. The van der Waals surface area contributed by atoms with E-state index in [2.05, 4.69) is 18.8 Å². The van der Waals surface area contributed by atoms with Crippen LogP contribution in [0.4, 0.5) is 0 Å². The molecule has 4 nitrogen and oxygen atoms in total. The summed E-state index contributed by atoms with van der Waals surface area (Å²) in [5, 5.41) is 2.94. The maximum absolute atomic E-state index is 12.1. The van der Waals surface area contributed by atoms with Gasteiger partial charge in [0.05, 0.1) is 6.04 Å². The first-order chi connectivity index (χ1) is 11.2. The molecule has 0 aliphatic carbocycles. The second kappa shape index (κ2) is 8.51. The van der Waals surface area contributed by atoms with E-state index >= 15 is 0 Å². The molecule has 1 fully saturated rings. The van der Waals surface area contributed by atoms with Crippen molar-refractivity contribution < 1.29 is 9.59 Å². The molecule has 23 heavy (non-hydrogen) atoms. The number of nitrogens with zero attached hydrogens (tertiary/aromatic N) is 1. The van der Waals surface area contributed by atoms with Gasteiger partial charge in [0.2, 0.25) is 5.91 Å². The highest BCUT2D eigenvalue weighted by atomic mass is 16.2. The number of hydrogen-bond acceptors (Lipinski definition) is 2. The van der Waals surface area contributed by atoms with E-state index in [9.17, 15) is 9.59 Å². The Morgan fingerprint density at radius 1 is 1.30 bits per heavy atom. The molecule has 1 heterocycles. The van der Waals surface area contributed by atoms with Gasteiger partial charge in [0.1, 0.15) is 0 Å². The van der Waals surface area contributed by atoms with Gasteiger partial charge in [-0.05, 0) is 43.0 Å². The van der Waals surface area contributed by atoms with Crippen LogP contribution < -0.4 is 5.32 Å². The predicted octanol–water partition coefficient (Wildman–Crippen LogP) is 3.46. The molecule has 1 atom stereocenters. The normalized spacial score (nSPS) is 17.1. The Bertz CT molecular complexity index is 551. The van der Waals surface area contributed by atoms with Gasteiger partial charge in [-0.2, -0.15) is 0 Å². The van der Waals surface area contributed by atoms with E-state index < -0.39 is 0 Å². The Labute approximate surface area is 138 Å². The van der Waals surface area contributed by atoms with Crippen LogP contribution in [0.25, 0.3) is 0 Å². The number of amides is 2. The van der Waals surface area contributed by atoms with Crippen molar-refractivity contribution in [2.75, 3.05) is 13.1 Å². The van der Waals surface area contributed by atoms with E-state index in [1.54, 1.807) is 0 Å². The highest BCUT2D eigenvalue weighted by Crippen LogP contribution is 2.32. The second-order valence-electron chi connectivity index (χ2n) is 5.98. The lowest BCUT2D eigenvalue weighted by Crippen LogP contribution is -2.29. The van der Waals surface area contributed by atoms with Gasteiger partial charge in [0, 0.05) is 18.7 Å². The number of benzene rings is 1. The lowest BCUT2D eigenvalue weighted by Gasteiger charge is -2.23. The maximum atomic E-state index is 12.1. The van der Waals surface area contributed by atoms with Crippen molar-refractivity contribution in [3.63, 3.8) is 0 Å². The fourth-order valence-corrected chi connectivity index (χ4v) is 3.03. The molecule has 1 aliphatic heterocycles. The van der Waals surface area contributed by atoms with Gasteiger partial charge in [-0.25, -0.2) is 0 Å². The van der Waals surface area contributed by atoms with Gasteiger partial charge < -0.3 is 10.2 Å². The summed E-state index contributed by atoms with van der Waals surface area (Å²) in [6, 6.07) is 7.71. The largest absolute Gasteiger partial charge is 0.352 e. The zero-order valence-electron chi connectivity index (χ0n) is 13.9. The molecule has 0 bridgehead atoms. The Balaban J connectivity index is 1.97. The Morgan fingerprint density at radius 2 is 2.04 bits per heavy atom. The first-order valence-electron chi connectivity index (χ1n) is 8.48. The lowest BCUT2D eigenvalue weighted by atomic mass is 10.0. The number of carbonyl (C=O) groups is 2. The van der Waals surface area contributed by atoms with Gasteiger partial charge in [-0.3, -0.25) is 9.59 Å². The van der Waals surface area contributed by atoms with Crippen molar-refractivity contribution in [3.05, 3.63) is 48.0 Å². The highest BCUT2D eigenvalue weighted by Gasteiger charge is 2.28. The minimum atomic E-state index is -0.0295. The smallest absolute Gasteiger partial charge is 0.251 e. The van der Waals surface area contributed by atoms with Crippen molar-refractivity contribution in [2.45, 2.75) is 45.1 Å². The predicted molar refractivity (Wildman–Crippen MR) is 92.2 cm³/mol. The van der Waals surface area contributed by atoms with Gasteiger partial charge >= 0.3 is 0 Å². The molecule has 1 N–H and O–H groups in total. The molecule has 1 saturated heterocycles. The van der Waals surface area contributed by atoms with Crippen molar-refractivity contribution in [3.8, 4) is 0 Å². The fraction of sp³-hybridized carbons (Fsp3) is 0.474. The van der Waals surface area contributed by atoms with Gasteiger partial charge in [-0.15, -0.1) is 0 Å². The maximum Gasteiger partial charge on any atom is 0.251 e. The van der Waals surface area contributed by atoms with Crippen LogP contribution in [0.15, 0.2) is 36.9 Å². The second-order valence-corrected chi connectivity index (χ2v) is 5.98. The van der Waals surface area contributed by atoms with Crippen LogP contribution in [-0.2, 0) is 4.79 Å². The quantitative estimate of drug-likeness (QED) is 0.619. The van der Waals surface area contributed by atoms with Gasteiger partial charge in [0.25, 0.3) is 5.91 Å². The molecule has 124 valence electrons. The van der Waals surface area contributed by atoms with Crippen LogP contribution in [0.2, 0.25) is 0 Å². The van der Waals surface area contributed by atoms with E-state index in [1.165, 1.54) is 6.08 Å². The molecule has 2 amide bonds. The molecule has 0 saturated carbocycles. The lowest BCUT2D eigenvalue weighted by molar-refractivity contribution is -0.126. The van der Waals surface area contributed by atoms with E-state index in [-0.39, 0.29) is 17.9 Å². The summed E-state index contributed by atoms with van der Waals surface area (Å²) in [6.45, 7) is 7.20. The zero-order valence-corrected chi connectivity index (χ0v) is 13.9. The first-order valence-corrected chi connectivity index (χ1v) is 8.48. The van der Waals surface area contributed by atoms with Crippen molar-refractivity contribution in [2.24, 2.45) is 0 Å². The Kier molecular flexibility index (Phi) is 6.39. The molecule has 1 unspecified atom stereocenters. The van der Waals surface area contributed by atoms with Crippen LogP contribution in [0.5, 0.6) is 0 Å². The Hall–Kier alpha value is -2.10. The van der Waals surface area contributed by atoms with Crippen LogP contribution in [0.1, 0.15) is 61.0 Å². The molecular weight excluding hydrogens is 288 g/mol. The molecule has 1 aromatic carbocycles. The molecule has 0 radical (unpaired) electrons. The van der Waals surface area contributed by atoms with Crippen LogP contribution in [-0.4, -0.2) is 29.8 Å². The number of unbranched alkanes of at least 4 members (excludes halogenated alkanes) is 2. The monoisotopic (exact) mass is 314 g/mol. The highest BCUT2D eigenvalue weighted by molar-refractivity contribution is 5.94. The van der Waals surface area contributed by atoms with Crippen molar-refractivity contribution >= 4 is 11.8 Å². The van der Waals surface area contributed by atoms with Gasteiger partial charge in [-0.1, -0.05) is 38.5 Å². The van der Waals surface area contributed by atoms with E-state index in [4.69, 9.17) is 0 Å². The fourth-order valence-electron chi connectivity index (χ4n) is 3.03. The van der Waals surface area contributed by atoms with E-state index in [0.717, 1.165) is 50.8 Å². The average Bonchev–Trinajstić information content (AvgIpc) is 3.07. The molecule has 1 aromatic rings. The van der Waals surface area contributed by atoms with Crippen molar-refractivity contribution in [1.82, 2.24) is 10.2 Å². The van der Waals surface area contributed by atoms with Crippen LogP contribution >= 0.6 is 0 Å². The van der Waals surface area contributed by atoms with Gasteiger partial charge in [0.15, 0.2) is 0 Å². The third-order valence-corrected chi connectivity index (χ3v) is 4.33. The summed E-state index contributed by atoms with van der Waals surface area (Å²) in [5.41, 5.74) is 1.75. The summed E-state index contributed by atoms with van der Waals surface area (Å²) in [4.78, 5) is 25.8. The topological polar surface area (TPSA) is 49.4 Å². The zero-order chi connectivity index (χ0) is 16.7. The molecule has 1 aliphatic rings. The number of nitrogens with one attached hydrogen (secondary N) is 1. The van der Waals surface area contributed by atoms with E-state index in [0.29, 0.717) is 5.56 Å². The third kappa shape index (κ3) is 4.44. The molecule has 4 heteroatoms. The first kappa shape index (κ1) is 17.3. The molecule has 2 rings (SSSR count). The summed E-state index contributed by atoms with van der Waals surface area (Å²) in [7, 11) is 0. The van der Waals surface area contributed by atoms with Crippen LogP contribution in [0.3, 0.4) is 0 Å². The molecule has 0 spiro atoms. The SMILES string of the molecule is C=CC(=O)N1CCCC1c1ccc(C(=O)NCCCCC)cc1. The number of rotatable bonds is 7. The molecule has 0 aromatic heterocycles. The number of hydrogen-bond donors (Lipinski definition) is 1. The average molecular weight is 314 g/mol. The summed E-state index contributed by atoms with van der Waals surface area (Å²) in [5.74, 6) is -0.0525. The molecular formula is C19H26N2O2. The van der Waals surface area contributed by atoms with Crippen molar-refractivity contribution in [1.29, 1.82) is 0 Å².